The summed E-state index contributed by atoms with van der Waals surface area (Å²) in [6.45, 7) is 4.18. The minimum absolute atomic E-state index is 0.174. The van der Waals surface area contributed by atoms with Crippen molar-refractivity contribution in [3.05, 3.63) is 35.4 Å². The molecular weight excluding hydrogens is 246 g/mol. The number of aliphatic carboxylic acids is 1. The fourth-order valence-corrected chi connectivity index (χ4v) is 2.20. The number of hydrogen-bond donors (Lipinski definition) is 2. The first-order valence-corrected chi connectivity index (χ1v) is 6.27. The highest BCUT2D eigenvalue weighted by Gasteiger charge is 2.34. The Morgan fingerprint density at radius 2 is 2.21 bits per heavy atom. The second-order valence-electron chi connectivity index (χ2n) is 5.16. The van der Waals surface area contributed by atoms with Gasteiger partial charge in [-0.2, -0.15) is 0 Å². The Kier molecular flexibility index (Phi) is 3.89. The van der Waals surface area contributed by atoms with Gasteiger partial charge in [-0.15, -0.1) is 0 Å². The van der Waals surface area contributed by atoms with E-state index in [0.29, 0.717) is 6.61 Å². The molecule has 1 aromatic rings. The molecule has 0 saturated carbocycles. The van der Waals surface area contributed by atoms with Crippen molar-refractivity contribution in [1.29, 1.82) is 0 Å². The van der Waals surface area contributed by atoms with Gasteiger partial charge in [-0.05, 0) is 31.4 Å². The molecule has 5 nitrogen and oxygen atoms in total. The SMILES string of the molecule is CC1(C)OCC(c2ccccc2CC(N)C(=O)O)O1. The van der Waals surface area contributed by atoms with Crippen molar-refractivity contribution in [2.75, 3.05) is 6.61 Å². The van der Waals surface area contributed by atoms with E-state index in [4.69, 9.17) is 20.3 Å². The van der Waals surface area contributed by atoms with E-state index in [1.165, 1.54) is 0 Å². The van der Waals surface area contributed by atoms with Crippen molar-refractivity contribution in [1.82, 2.24) is 0 Å². The van der Waals surface area contributed by atoms with Crippen LogP contribution in [0, 0.1) is 0 Å². The van der Waals surface area contributed by atoms with E-state index < -0.39 is 17.8 Å². The Balaban J connectivity index is 2.19. The van der Waals surface area contributed by atoms with Crippen molar-refractivity contribution >= 4 is 5.97 Å². The van der Waals surface area contributed by atoms with E-state index in [0.717, 1.165) is 11.1 Å². The Labute approximate surface area is 112 Å². The van der Waals surface area contributed by atoms with Gasteiger partial charge >= 0.3 is 5.97 Å². The van der Waals surface area contributed by atoms with Gasteiger partial charge in [0.25, 0.3) is 0 Å². The van der Waals surface area contributed by atoms with E-state index in [9.17, 15) is 4.79 Å². The van der Waals surface area contributed by atoms with Gasteiger partial charge in [-0.3, -0.25) is 4.79 Å². The van der Waals surface area contributed by atoms with Crippen LogP contribution in [0.1, 0.15) is 31.1 Å². The number of rotatable bonds is 4. The lowest BCUT2D eigenvalue weighted by Gasteiger charge is -2.19. The maximum absolute atomic E-state index is 10.9. The number of carbonyl (C=O) groups is 1. The molecule has 1 saturated heterocycles. The van der Waals surface area contributed by atoms with Gasteiger partial charge in [-0.25, -0.2) is 0 Å². The average Bonchev–Trinajstić information content (AvgIpc) is 2.70. The fraction of sp³-hybridized carbons (Fsp3) is 0.500. The molecule has 2 unspecified atom stereocenters. The molecule has 0 spiro atoms. The van der Waals surface area contributed by atoms with E-state index in [1.54, 1.807) is 0 Å². The summed E-state index contributed by atoms with van der Waals surface area (Å²) in [6, 6.07) is 6.68. The summed E-state index contributed by atoms with van der Waals surface area (Å²) >= 11 is 0. The van der Waals surface area contributed by atoms with Crippen LogP contribution in [-0.2, 0) is 20.7 Å². The number of hydrogen-bond acceptors (Lipinski definition) is 4. The summed E-state index contributed by atoms with van der Waals surface area (Å²) in [4.78, 5) is 10.9. The first kappa shape index (κ1) is 14.0. The molecule has 3 N–H and O–H groups in total. The number of benzene rings is 1. The monoisotopic (exact) mass is 265 g/mol. The molecule has 5 heteroatoms. The zero-order valence-corrected chi connectivity index (χ0v) is 11.1. The smallest absolute Gasteiger partial charge is 0.320 e. The van der Waals surface area contributed by atoms with E-state index in [2.05, 4.69) is 0 Å². The number of carboxylic acid groups (broad SMARTS) is 1. The first-order valence-electron chi connectivity index (χ1n) is 6.27. The van der Waals surface area contributed by atoms with Crippen LogP contribution in [0.25, 0.3) is 0 Å². The molecule has 1 fully saturated rings. The molecule has 104 valence electrons. The molecule has 2 atom stereocenters. The lowest BCUT2D eigenvalue weighted by Crippen LogP contribution is -2.32. The summed E-state index contributed by atoms with van der Waals surface area (Å²) in [7, 11) is 0. The lowest BCUT2D eigenvalue weighted by molar-refractivity contribution is -0.140. The van der Waals surface area contributed by atoms with Gasteiger partial charge in [0.1, 0.15) is 12.1 Å². The van der Waals surface area contributed by atoms with Crippen LogP contribution in [0.4, 0.5) is 0 Å². The maximum atomic E-state index is 10.9. The van der Waals surface area contributed by atoms with Gasteiger partial charge in [0.15, 0.2) is 5.79 Å². The molecule has 0 aromatic heterocycles. The molecule has 1 aromatic carbocycles. The Hall–Kier alpha value is -1.43. The molecule has 0 radical (unpaired) electrons. The van der Waals surface area contributed by atoms with Gasteiger partial charge in [0, 0.05) is 0 Å². The first-order chi connectivity index (χ1) is 8.89. The third-order valence-electron chi connectivity index (χ3n) is 3.17. The van der Waals surface area contributed by atoms with E-state index >= 15 is 0 Å². The summed E-state index contributed by atoms with van der Waals surface area (Å²) in [6.07, 6.45) is 0.110. The Bertz CT molecular complexity index is 472. The highest BCUT2D eigenvalue weighted by Crippen LogP contribution is 2.34. The zero-order chi connectivity index (χ0) is 14.0. The van der Waals surface area contributed by atoms with Crippen LogP contribution in [0.5, 0.6) is 0 Å². The maximum Gasteiger partial charge on any atom is 0.320 e. The predicted octanol–water partition coefficient (Wildman–Crippen LogP) is 1.46. The van der Waals surface area contributed by atoms with Crippen molar-refractivity contribution in [2.45, 2.75) is 38.2 Å². The third-order valence-corrected chi connectivity index (χ3v) is 3.17. The topological polar surface area (TPSA) is 81.8 Å². The highest BCUT2D eigenvalue weighted by molar-refractivity contribution is 5.73. The molecule has 1 aliphatic rings. The summed E-state index contributed by atoms with van der Waals surface area (Å²) in [5.41, 5.74) is 7.44. The lowest BCUT2D eigenvalue weighted by atomic mass is 9.97. The van der Waals surface area contributed by atoms with Crippen molar-refractivity contribution in [2.24, 2.45) is 5.73 Å². The third kappa shape index (κ3) is 3.32. The van der Waals surface area contributed by atoms with Crippen LogP contribution >= 0.6 is 0 Å². The highest BCUT2D eigenvalue weighted by atomic mass is 16.7. The molecular formula is C14H19NO4. The van der Waals surface area contributed by atoms with E-state index in [1.807, 2.05) is 38.1 Å². The zero-order valence-electron chi connectivity index (χ0n) is 11.1. The molecule has 2 rings (SSSR count). The summed E-state index contributed by atoms with van der Waals surface area (Å²) in [5, 5.41) is 8.90. The molecule has 0 bridgehead atoms. The normalized spacial score (nSPS) is 23.2. The second kappa shape index (κ2) is 5.28. The van der Waals surface area contributed by atoms with Crippen LogP contribution in [0.2, 0.25) is 0 Å². The van der Waals surface area contributed by atoms with Crippen molar-refractivity contribution in [3.63, 3.8) is 0 Å². The Morgan fingerprint density at radius 1 is 1.53 bits per heavy atom. The Morgan fingerprint density at radius 3 is 2.79 bits per heavy atom. The summed E-state index contributed by atoms with van der Waals surface area (Å²) < 4.78 is 11.4. The number of nitrogens with two attached hydrogens (primary N) is 1. The van der Waals surface area contributed by atoms with Crippen LogP contribution in [0.15, 0.2) is 24.3 Å². The molecule has 19 heavy (non-hydrogen) atoms. The van der Waals surface area contributed by atoms with Crippen LogP contribution in [-0.4, -0.2) is 29.5 Å². The molecule has 1 aliphatic heterocycles. The largest absolute Gasteiger partial charge is 0.480 e. The van der Waals surface area contributed by atoms with Gasteiger partial charge in [0.2, 0.25) is 0 Å². The minimum atomic E-state index is -1.00. The quantitative estimate of drug-likeness (QED) is 0.861. The molecule has 0 amide bonds. The van der Waals surface area contributed by atoms with Crippen molar-refractivity contribution in [3.8, 4) is 0 Å². The predicted molar refractivity (Wildman–Crippen MR) is 69.6 cm³/mol. The number of ether oxygens (including phenoxy) is 2. The standard InChI is InChI=1S/C14H19NO4/c1-14(2)18-8-12(19-14)10-6-4-3-5-9(10)7-11(15)13(16)17/h3-6,11-12H,7-8,15H2,1-2H3,(H,16,17). The fourth-order valence-electron chi connectivity index (χ4n) is 2.20. The van der Waals surface area contributed by atoms with E-state index in [-0.39, 0.29) is 12.5 Å². The molecule has 0 aliphatic carbocycles. The number of carboxylic acids is 1. The minimum Gasteiger partial charge on any atom is -0.480 e. The summed E-state index contributed by atoms with van der Waals surface area (Å²) in [5.74, 6) is -1.61. The van der Waals surface area contributed by atoms with Gasteiger partial charge in [-0.1, -0.05) is 24.3 Å². The molecule has 1 heterocycles. The second-order valence-corrected chi connectivity index (χ2v) is 5.16. The van der Waals surface area contributed by atoms with Crippen LogP contribution < -0.4 is 5.73 Å². The van der Waals surface area contributed by atoms with Crippen molar-refractivity contribution < 1.29 is 19.4 Å². The average molecular weight is 265 g/mol. The van der Waals surface area contributed by atoms with Gasteiger partial charge in [0.05, 0.1) is 6.61 Å². The van der Waals surface area contributed by atoms with Crippen LogP contribution in [0.3, 0.4) is 0 Å². The van der Waals surface area contributed by atoms with Gasteiger partial charge < -0.3 is 20.3 Å².